The molecule has 1 aliphatic carbocycles. The Labute approximate surface area is 117 Å². The third-order valence-corrected chi connectivity index (χ3v) is 5.85. The van der Waals surface area contributed by atoms with Crippen molar-refractivity contribution in [3.63, 3.8) is 0 Å². The predicted octanol–water partition coefficient (Wildman–Crippen LogP) is 2.89. The molecular weight excluding hydrogens is 278 g/mol. The lowest BCUT2D eigenvalue weighted by molar-refractivity contribution is 0.580. The summed E-state index contributed by atoms with van der Waals surface area (Å²) in [5, 5.41) is 2.03. The first-order valence-corrected chi connectivity index (χ1v) is 8.55. The van der Waals surface area contributed by atoms with Crippen molar-refractivity contribution in [2.75, 3.05) is 0 Å². The van der Waals surface area contributed by atoms with E-state index in [9.17, 15) is 8.42 Å². The van der Waals surface area contributed by atoms with E-state index in [1.165, 1.54) is 4.88 Å². The van der Waals surface area contributed by atoms with Crippen molar-refractivity contribution in [1.29, 1.82) is 0 Å². The Morgan fingerprint density at radius 1 is 1.21 bits per heavy atom. The Bertz CT molecular complexity index is 660. The Kier molecular flexibility index (Phi) is 3.20. The highest BCUT2D eigenvalue weighted by atomic mass is 32.2. The minimum Gasteiger partial charge on any atom is -0.207 e. The first-order valence-electron chi connectivity index (χ1n) is 6.19. The highest BCUT2D eigenvalue weighted by Crippen LogP contribution is 2.43. The molecule has 2 unspecified atom stereocenters. The summed E-state index contributed by atoms with van der Waals surface area (Å²) < 4.78 is 27.2. The van der Waals surface area contributed by atoms with Gasteiger partial charge in [-0.2, -0.15) is 0 Å². The molecular formula is C14H15NO2S2. The number of hydrogen-bond acceptors (Lipinski definition) is 3. The van der Waals surface area contributed by atoms with Crippen LogP contribution in [0.5, 0.6) is 0 Å². The fourth-order valence-corrected chi connectivity index (χ4v) is 4.32. The normalized spacial score (nSPS) is 22.4. The third kappa shape index (κ3) is 2.73. The Hall–Kier alpha value is -1.17. The van der Waals surface area contributed by atoms with Crippen LogP contribution in [0.4, 0.5) is 0 Å². The van der Waals surface area contributed by atoms with Gasteiger partial charge in [0, 0.05) is 16.8 Å². The average molecular weight is 293 g/mol. The van der Waals surface area contributed by atoms with Gasteiger partial charge in [0.2, 0.25) is 10.0 Å². The van der Waals surface area contributed by atoms with Gasteiger partial charge in [0.15, 0.2) is 0 Å². The van der Waals surface area contributed by atoms with E-state index in [0.29, 0.717) is 10.8 Å². The molecule has 0 amide bonds. The molecule has 1 fully saturated rings. The predicted molar refractivity (Wildman–Crippen MR) is 77.0 cm³/mol. The molecule has 2 aromatic rings. The van der Waals surface area contributed by atoms with Crippen LogP contribution in [0.1, 0.15) is 22.8 Å². The van der Waals surface area contributed by atoms with Crippen LogP contribution in [0.15, 0.2) is 46.7 Å². The van der Waals surface area contributed by atoms with Crippen LogP contribution in [0.2, 0.25) is 0 Å². The van der Waals surface area contributed by atoms with E-state index in [4.69, 9.17) is 0 Å². The zero-order valence-corrected chi connectivity index (χ0v) is 12.2. The van der Waals surface area contributed by atoms with Gasteiger partial charge < -0.3 is 0 Å². The lowest BCUT2D eigenvalue weighted by Crippen LogP contribution is -2.26. The summed E-state index contributed by atoms with van der Waals surface area (Å²) in [6.07, 6.45) is 0.894. The highest BCUT2D eigenvalue weighted by molar-refractivity contribution is 7.89. The largest absolute Gasteiger partial charge is 0.240 e. The molecule has 1 N–H and O–H groups in total. The van der Waals surface area contributed by atoms with Crippen LogP contribution in [0.3, 0.4) is 0 Å². The maximum atomic E-state index is 12.2. The molecule has 1 aliphatic rings. The third-order valence-electron chi connectivity index (χ3n) is 3.34. The fourth-order valence-electron chi connectivity index (χ4n) is 2.13. The van der Waals surface area contributed by atoms with E-state index in [0.717, 1.165) is 12.0 Å². The number of sulfonamides is 1. The average Bonchev–Trinajstić information content (AvgIpc) is 2.91. The van der Waals surface area contributed by atoms with Gasteiger partial charge in [0.05, 0.1) is 4.90 Å². The summed E-state index contributed by atoms with van der Waals surface area (Å²) in [5.74, 6) is 0.347. The van der Waals surface area contributed by atoms with Crippen molar-refractivity contribution in [2.24, 2.45) is 0 Å². The van der Waals surface area contributed by atoms with Gasteiger partial charge in [-0.05, 0) is 36.9 Å². The number of benzene rings is 1. The van der Waals surface area contributed by atoms with E-state index in [1.54, 1.807) is 23.5 Å². The monoisotopic (exact) mass is 293 g/mol. The zero-order chi connectivity index (χ0) is 13.5. The molecule has 0 spiro atoms. The molecule has 0 radical (unpaired) electrons. The Morgan fingerprint density at radius 3 is 2.58 bits per heavy atom. The van der Waals surface area contributed by atoms with Crippen LogP contribution in [-0.2, 0) is 10.0 Å². The number of hydrogen-bond donors (Lipinski definition) is 1. The molecule has 0 saturated heterocycles. The molecule has 100 valence electrons. The Balaban J connectivity index is 1.72. The lowest BCUT2D eigenvalue weighted by Gasteiger charge is -2.06. The van der Waals surface area contributed by atoms with E-state index in [1.807, 2.05) is 30.5 Å². The summed E-state index contributed by atoms with van der Waals surface area (Å²) >= 11 is 1.69. The van der Waals surface area contributed by atoms with Gasteiger partial charge in [-0.25, -0.2) is 13.1 Å². The summed E-state index contributed by atoms with van der Waals surface area (Å²) in [7, 11) is -3.38. The molecule has 5 heteroatoms. The standard InChI is InChI=1S/C14H15NO2S2/c1-10-4-6-11(7-5-10)19(16,17)15-13-9-12(13)14-3-2-8-18-14/h2-8,12-13,15H,9H2,1H3. The SMILES string of the molecule is Cc1ccc(S(=O)(=O)NC2CC2c2cccs2)cc1. The summed E-state index contributed by atoms with van der Waals surface area (Å²) in [6.45, 7) is 1.94. The lowest BCUT2D eigenvalue weighted by atomic mass is 10.2. The van der Waals surface area contributed by atoms with Gasteiger partial charge in [-0.1, -0.05) is 23.8 Å². The smallest absolute Gasteiger partial charge is 0.207 e. The van der Waals surface area contributed by atoms with E-state index in [2.05, 4.69) is 10.8 Å². The first kappa shape index (κ1) is 12.8. The number of thiophene rings is 1. The van der Waals surface area contributed by atoms with E-state index < -0.39 is 10.0 Å². The Morgan fingerprint density at radius 2 is 1.95 bits per heavy atom. The summed E-state index contributed by atoms with van der Waals surface area (Å²) in [6, 6.07) is 11.1. The maximum absolute atomic E-state index is 12.2. The second kappa shape index (κ2) is 4.74. The molecule has 1 heterocycles. The molecule has 1 aromatic carbocycles. The quantitative estimate of drug-likeness (QED) is 0.942. The molecule has 3 nitrogen and oxygen atoms in total. The highest BCUT2D eigenvalue weighted by Gasteiger charge is 2.41. The van der Waals surface area contributed by atoms with Crippen molar-refractivity contribution in [2.45, 2.75) is 30.2 Å². The molecule has 0 aliphatic heterocycles. The van der Waals surface area contributed by atoms with Gasteiger partial charge in [0.25, 0.3) is 0 Å². The first-order chi connectivity index (χ1) is 9.06. The van der Waals surface area contributed by atoms with E-state index in [-0.39, 0.29) is 6.04 Å². The molecule has 2 atom stereocenters. The topological polar surface area (TPSA) is 46.2 Å². The van der Waals surface area contributed by atoms with Gasteiger partial charge >= 0.3 is 0 Å². The summed E-state index contributed by atoms with van der Waals surface area (Å²) in [5.41, 5.74) is 1.06. The van der Waals surface area contributed by atoms with Crippen molar-refractivity contribution >= 4 is 21.4 Å². The van der Waals surface area contributed by atoms with Crippen LogP contribution in [0, 0.1) is 6.92 Å². The van der Waals surface area contributed by atoms with Crippen molar-refractivity contribution < 1.29 is 8.42 Å². The fraction of sp³-hybridized carbons (Fsp3) is 0.286. The molecule has 19 heavy (non-hydrogen) atoms. The van der Waals surface area contributed by atoms with Crippen LogP contribution >= 0.6 is 11.3 Å². The van der Waals surface area contributed by atoms with Crippen LogP contribution < -0.4 is 4.72 Å². The van der Waals surface area contributed by atoms with Crippen LogP contribution in [-0.4, -0.2) is 14.5 Å². The van der Waals surface area contributed by atoms with E-state index >= 15 is 0 Å². The van der Waals surface area contributed by atoms with Gasteiger partial charge in [-0.3, -0.25) is 0 Å². The van der Waals surface area contributed by atoms with Gasteiger partial charge in [-0.15, -0.1) is 11.3 Å². The second-order valence-corrected chi connectivity index (χ2v) is 7.59. The van der Waals surface area contributed by atoms with Crippen molar-refractivity contribution in [3.05, 3.63) is 52.2 Å². The number of nitrogens with one attached hydrogen (secondary N) is 1. The molecule has 0 bridgehead atoms. The second-order valence-electron chi connectivity index (χ2n) is 4.90. The molecule has 1 aromatic heterocycles. The number of aryl methyl sites for hydroxylation is 1. The van der Waals surface area contributed by atoms with Crippen molar-refractivity contribution in [3.8, 4) is 0 Å². The maximum Gasteiger partial charge on any atom is 0.240 e. The molecule has 1 saturated carbocycles. The van der Waals surface area contributed by atoms with Gasteiger partial charge in [0.1, 0.15) is 0 Å². The molecule has 3 rings (SSSR count). The minimum absolute atomic E-state index is 0.0463. The van der Waals surface area contributed by atoms with Crippen molar-refractivity contribution in [1.82, 2.24) is 4.72 Å². The van der Waals surface area contributed by atoms with Crippen LogP contribution in [0.25, 0.3) is 0 Å². The summed E-state index contributed by atoms with van der Waals surface area (Å²) in [4.78, 5) is 1.60. The zero-order valence-electron chi connectivity index (χ0n) is 10.5. The minimum atomic E-state index is -3.38. The number of rotatable bonds is 4.